The lowest BCUT2D eigenvalue weighted by molar-refractivity contribution is 0.0598. The highest BCUT2D eigenvalue weighted by Gasteiger charge is 2.25. The summed E-state index contributed by atoms with van der Waals surface area (Å²) in [6.45, 7) is 2.78. The lowest BCUT2D eigenvalue weighted by Gasteiger charge is -2.20. The van der Waals surface area contributed by atoms with Crippen LogP contribution in [-0.2, 0) is 21.3 Å². The maximum absolute atomic E-state index is 12.8. The van der Waals surface area contributed by atoms with Crippen LogP contribution in [0.4, 0.5) is 0 Å². The van der Waals surface area contributed by atoms with E-state index in [2.05, 4.69) is 10.1 Å². The molecule has 0 unspecified atom stereocenters. The standard InChI is InChI=1S/C21H26N2O6S/c1-15-19(21(25)28-2)13-17(29-15)14-22-20(24)16-7-9-18(10-8-16)30(26,27)23-11-5-3-4-6-12-23/h7-10,13H,3-6,11-12,14H2,1-2H3,(H,22,24). The smallest absolute Gasteiger partial charge is 0.341 e. The number of esters is 1. The number of hydrogen-bond donors (Lipinski definition) is 1. The first-order chi connectivity index (χ1) is 14.3. The Balaban J connectivity index is 1.64. The highest BCUT2D eigenvalue weighted by Crippen LogP contribution is 2.21. The second-order valence-electron chi connectivity index (χ2n) is 7.20. The second kappa shape index (κ2) is 9.44. The second-order valence-corrected chi connectivity index (χ2v) is 9.14. The molecule has 1 aliphatic heterocycles. The average molecular weight is 435 g/mol. The topological polar surface area (TPSA) is 106 Å². The number of carbonyl (C=O) groups is 2. The number of aryl methyl sites for hydroxylation is 1. The maximum atomic E-state index is 12.8. The lowest BCUT2D eigenvalue weighted by atomic mass is 10.2. The van der Waals surface area contributed by atoms with Gasteiger partial charge in [-0.2, -0.15) is 4.31 Å². The summed E-state index contributed by atoms with van der Waals surface area (Å²) >= 11 is 0. The van der Waals surface area contributed by atoms with Gasteiger partial charge < -0.3 is 14.5 Å². The normalized spacial score (nSPS) is 15.4. The summed E-state index contributed by atoms with van der Waals surface area (Å²) in [5.41, 5.74) is 0.645. The van der Waals surface area contributed by atoms with E-state index in [4.69, 9.17) is 4.42 Å². The largest absolute Gasteiger partial charge is 0.465 e. The van der Waals surface area contributed by atoms with Crippen LogP contribution in [0.2, 0.25) is 0 Å². The Kier molecular flexibility index (Phi) is 6.94. The number of hydrogen-bond acceptors (Lipinski definition) is 6. The predicted octanol–water partition coefficient (Wildman–Crippen LogP) is 2.87. The van der Waals surface area contributed by atoms with Crippen molar-refractivity contribution in [1.29, 1.82) is 0 Å². The number of methoxy groups -OCH3 is 1. The molecule has 0 atom stereocenters. The molecule has 3 rings (SSSR count). The van der Waals surface area contributed by atoms with E-state index in [0.29, 0.717) is 35.7 Å². The third-order valence-corrected chi connectivity index (χ3v) is 7.03. The van der Waals surface area contributed by atoms with Gasteiger partial charge in [-0.25, -0.2) is 13.2 Å². The molecular weight excluding hydrogens is 408 g/mol. The van der Waals surface area contributed by atoms with Crippen LogP contribution in [0.15, 0.2) is 39.6 Å². The highest BCUT2D eigenvalue weighted by atomic mass is 32.2. The van der Waals surface area contributed by atoms with Gasteiger partial charge in [-0.05, 0) is 50.1 Å². The minimum absolute atomic E-state index is 0.0878. The summed E-state index contributed by atoms with van der Waals surface area (Å²) < 4.78 is 37.3. The Hall–Kier alpha value is -2.65. The monoisotopic (exact) mass is 434 g/mol. The summed E-state index contributed by atoms with van der Waals surface area (Å²) in [4.78, 5) is 24.2. The number of rotatable bonds is 6. The molecule has 8 nitrogen and oxygen atoms in total. The van der Waals surface area contributed by atoms with E-state index in [1.807, 2.05) is 0 Å². The molecule has 1 saturated heterocycles. The molecule has 1 aromatic heterocycles. The molecule has 2 aromatic rings. The third kappa shape index (κ3) is 4.91. The van der Waals surface area contributed by atoms with Crippen molar-refractivity contribution in [2.45, 2.75) is 44.0 Å². The van der Waals surface area contributed by atoms with Crippen molar-refractivity contribution in [2.75, 3.05) is 20.2 Å². The molecule has 1 amide bonds. The minimum Gasteiger partial charge on any atom is -0.465 e. The maximum Gasteiger partial charge on any atom is 0.341 e. The quantitative estimate of drug-likeness (QED) is 0.701. The first kappa shape index (κ1) is 22.0. The number of nitrogens with zero attached hydrogens (tertiary/aromatic N) is 1. The third-order valence-electron chi connectivity index (χ3n) is 5.12. The SMILES string of the molecule is COC(=O)c1cc(CNC(=O)c2ccc(S(=O)(=O)N3CCCCCC3)cc2)oc1C. The van der Waals surface area contributed by atoms with Crippen LogP contribution in [0.3, 0.4) is 0 Å². The summed E-state index contributed by atoms with van der Waals surface area (Å²) in [7, 11) is -2.27. The average Bonchev–Trinajstić information content (AvgIpc) is 2.94. The van der Waals surface area contributed by atoms with E-state index in [1.165, 1.54) is 41.7 Å². The molecular formula is C21H26N2O6S. The fraction of sp³-hybridized carbons (Fsp3) is 0.429. The van der Waals surface area contributed by atoms with Gasteiger partial charge in [0.25, 0.3) is 5.91 Å². The molecule has 1 fully saturated rings. The highest BCUT2D eigenvalue weighted by molar-refractivity contribution is 7.89. The van der Waals surface area contributed by atoms with Crippen LogP contribution in [0.5, 0.6) is 0 Å². The zero-order valence-electron chi connectivity index (χ0n) is 17.1. The van der Waals surface area contributed by atoms with Gasteiger partial charge in [0.1, 0.15) is 17.1 Å². The molecule has 2 heterocycles. The van der Waals surface area contributed by atoms with Crippen molar-refractivity contribution >= 4 is 21.9 Å². The Morgan fingerprint density at radius 3 is 2.33 bits per heavy atom. The summed E-state index contributed by atoms with van der Waals surface area (Å²) in [5, 5.41) is 2.70. The van der Waals surface area contributed by atoms with E-state index in [0.717, 1.165) is 25.7 Å². The van der Waals surface area contributed by atoms with Gasteiger partial charge >= 0.3 is 5.97 Å². The summed E-state index contributed by atoms with van der Waals surface area (Å²) in [5.74, 6) is -0.0480. The van der Waals surface area contributed by atoms with Gasteiger partial charge in [-0.15, -0.1) is 0 Å². The van der Waals surface area contributed by atoms with Gasteiger partial charge in [-0.3, -0.25) is 4.79 Å². The molecule has 0 aliphatic carbocycles. The Bertz CT molecular complexity index is 1000. The van der Waals surface area contributed by atoms with E-state index in [1.54, 1.807) is 6.92 Å². The van der Waals surface area contributed by atoms with Gasteiger partial charge in [0.05, 0.1) is 18.6 Å². The Labute approximate surface area is 176 Å². The van der Waals surface area contributed by atoms with Crippen molar-refractivity contribution in [2.24, 2.45) is 0 Å². The number of carbonyl (C=O) groups excluding carboxylic acids is 2. The Morgan fingerprint density at radius 2 is 1.73 bits per heavy atom. The zero-order chi connectivity index (χ0) is 21.7. The molecule has 0 saturated carbocycles. The molecule has 1 aromatic carbocycles. The molecule has 1 N–H and O–H groups in total. The molecule has 30 heavy (non-hydrogen) atoms. The number of benzene rings is 1. The van der Waals surface area contributed by atoms with Crippen LogP contribution >= 0.6 is 0 Å². The van der Waals surface area contributed by atoms with Gasteiger partial charge in [0.2, 0.25) is 10.0 Å². The minimum atomic E-state index is -3.55. The van der Waals surface area contributed by atoms with Crippen molar-refractivity contribution in [3.63, 3.8) is 0 Å². The fourth-order valence-electron chi connectivity index (χ4n) is 3.42. The first-order valence-corrected chi connectivity index (χ1v) is 11.3. The predicted molar refractivity (Wildman–Crippen MR) is 110 cm³/mol. The van der Waals surface area contributed by atoms with Crippen molar-refractivity contribution in [1.82, 2.24) is 9.62 Å². The summed E-state index contributed by atoms with van der Waals surface area (Å²) in [6, 6.07) is 7.43. The summed E-state index contributed by atoms with van der Waals surface area (Å²) in [6.07, 6.45) is 3.82. The van der Waals surface area contributed by atoms with E-state index < -0.39 is 16.0 Å². The van der Waals surface area contributed by atoms with Crippen molar-refractivity contribution < 1.29 is 27.2 Å². The number of sulfonamides is 1. The fourth-order valence-corrected chi connectivity index (χ4v) is 4.94. The molecule has 0 spiro atoms. The number of furan rings is 1. The zero-order valence-corrected chi connectivity index (χ0v) is 18.0. The van der Waals surface area contributed by atoms with Crippen LogP contribution in [0.1, 0.15) is 57.9 Å². The van der Waals surface area contributed by atoms with Gasteiger partial charge in [0.15, 0.2) is 0 Å². The number of ether oxygens (including phenoxy) is 1. The van der Waals surface area contributed by atoms with Gasteiger partial charge in [-0.1, -0.05) is 12.8 Å². The first-order valence-electron chi connectivity index (χ1n) is 9.89. The number of nitrogens with one attached hydrogen (secondary N) is 1. The van der Waals surface area contributed by atoms with Crippen LogP contribution in [0.25, 0.3) is 0 Å². The van der Waals surface area contributed by atoms with Crippen LogP contribution in [-0.4, -0.2) is 44.8 Å². The van der Waals surface area contributed by atoms with Crippen molar-refractivity contribution in [3.05, 3.63) is 53.0 Å². The van der Waals surface area contributed by atoms with Crippen LogP contribution in [0, 0.1) is 6.92 Å². The lowest BCUT2D eigenvalue weighted by Crippen LogP contribution is -2.32. The Morgan fingerprint density at radius 1 is 1.10 bits per heavy atom. The molecule has 0 radical (unpaired) electrons. The van der Waals surface area contributed by atoms with Crippen LogP contribution < -0.4 is 5.32 Å². The molecule has 9 heteroatoms. The number of amides is 1. The van der Waals surface area contributed by atoms with E-state index >= 15 is 0 Å². The van der Waals surface area contributed by atoms with Gasteiger partial charge in [0, 0.05) is 18.7 Å². The molecule has 162 valence electrons. The van der Waals surface area contributed by atoms with E-state index in [-0.39, 0.29) is 17.3 Å². The molecule has 1 aliphatic rings. The van der Waals surface area contributed by atoms with Crippen molar-refractivity contribution in [3.8, 4) is 0 Å². The molecule has 0 bridgehead atoms. The van der Waals surface area contributed by atoms with E-state index in [9.17, 15) is 18.0 Å².